The molecule has 0 bridgehead atoms. The fourth-order valence-corrected chi connectivity index (χ4v) is 4.71. The van der Waals surface area contributed by atoms with Crippen LogP contribution in [0.5, 0.6) is 0 Å². The smallest absolute Gasteiger partial charge is 0.133 e. The summed E-state index contributed by atoms with van der Waals surface area (Å²) in [4.78, 5) is 0. The van der Waals surface area contributed by atoms with Crippen LogP contribution in [0, 0.1) is 0 Å². The van der Waals surface area contributed by atoms with Gasteiger partial charge in [-0.25, -0.2) is 0 Å². The average molecular weight is 475 g/mol. The molecule has 3 rings (SSSR count). The normalized spacial score (nSPS) is 11.8. The Balaban J connectivity index is 1.56. The van der Waals surface area contributed by atoms with Gasteiger partial charge in [-0.15, -0.1) is 9.36 Å². The highest BCUT2D eigenvalue weighted by atomic mass is 15.5. The molecule has 0 radical (unpaired) electrons. The molecule has 3 aromatic rings. The van der Waals surface area contributed by atoms with Gasteiger partial charge in [0.05, 0.1) is 5.21 Å². The average Bonchev–Trinajstić information content (AvgIpc) is 3.21. The van der Waals surface area contributed by atoms with Gasteiger partial charge >= 0.3 is 0 Å². The number of rotatable bonds is 15. The highest BCUT2D eigenvalue weighted by molar-refractivity contribution is 5.27. The lowest BCUT2D eigenvalue weighted by molar-refractivity contribution is -0.747. The van der Waals surface area contributed by atoms with Gasteiger partial charge in [0.2, 0.25) is 0 Å². The van der Waals surface area contributed by atoms with Crippen molar-refractivity contribution in [3.63, 3.8) is 0 Å². The molecular formula is C32H48N3+. The Labute approximate surface area is 214 Å². The van der Waals surface area contributed by atoms with Gasteiger partial charge in [0, 0.05) is 6.42 Å². The van der Waals surface area contributed by atoms with E-state index in [0.29, 0.717) is 0 Å². The van der Waals surface area contributed by atoms with Gasteiger partial charge in [0.25, 0.3) is 0 Å². The van der Waals surface area contributed by atoms with Crippen molar-refractivity contribution >= 4 is 0 Å². The molecule has 0 unspecified atom stereocenters. The molecule has 0 aliphatic rings. The molecule has 190 valence electrons. The quantitative estimate of drug-likeness (QED) is 0.161. The van der Waals surface area contributed by atoms with E-state index in [1.807, 2.05) is 0 Å². The predicted octanol–water partition coefficient (Wildman–Crippen LogP) is 8.03. The fraction of sp³-hybridized carbons (Fsp3) is 0.562. The second-order valence-corrected chi connectivity index (χ2v) is 11.2. The van der Waals surface area contributed by atoms with Crippen LogP contribution in [0.25, 0.3) is 0 Å². The second-order valence-electron chi connectivity index (χ2n) is 11.2. The maximum Gasteiger partial charge on any atom is 0.168 e. The summed E-state index contributed by atoms with van der Waals surface area (Å²) in [7, 11) is 0. The van der Waals surface area contributed by atoms with Crippen LogP contribution in [0.1, 0.15) is 114 Å². The van der Waals surface area contributed by atoms with E-state index in [9.17, 15) is 0 Å². The van der Waals surface area contributed by atoms with Crippen molar-refractivity contribution in [3.05, 3.63) is 83.2 Å². The van der Waals surface area contributed by atoms with Gasteiger partial charge in [-0.2, -0.15) is 0 Å². The van der Waals surface area contributed by atoms with E-state index in [-0.39, 0.29) is 5.41 Å². The molecule has 0 fully saturated rings. The Morgan fingerprint density at radius 1 is 0.714 bits per heavy atom. The standard InChI is InChI=1S/C32H48N3/c1-5-6-7-8-9-10-11-12-13-17-20-31-27-34(25-28-18-15-14-16-19-28)33-35(31)26-29-21-23-30(24-22-29)32(2,3)4/h14-16,18-19,21-24,27H,5-13,17,20,25-26H2,1-4H3/q+1. The molecule has 2 aromatic carbocycles. The molecule has 3 heteroatoms. The summed E-state index contributed by atoms with van der Waals surface area (Å²) in [6.07, 6.45) is 17.1. The van der Waals surface area contributed by atoms with E-state index in [4.69, 9.17) is 5.21 Å². The molecule has 35 heavy (non-hydrogen) atoms. The van der Waals surface area contributed by atoms with Gasteiger partial charge in [0.1, 0.15) is 13.1 Å². The van der Waals surface area contributed by atoms with Crippen LogP contribution >= 0.6 is 0 Å². The molecule has 0 aliphatic heterocycles. The van der Waals surface area contributed by atoms with Gasteiger partial charge in [-0.1, -0.05) is 140 Å². The Kier molecular flexibility index (Phi) is 11.0. The highest BCUT2D eigenvalue weighted by Crippen LogP contribution is 2.22. The number of benzene rings is 2. The van der Waals surface area contributed by atoms with Gasteiger partial charge in [0.15, 0.2) is 11.9 Å². The Morgan fingerprint density at radius 3 is 1.91 bits per heavy atom. The molecule has 0 aliphatic carbocycles. The van der Waals surface area contributed by atoms with Crippen molar-refractivity contribution in [2.24, 2.45) is 0 Å². The van der Waals surface area contributed by atoms with Gasteiger partial charge in [-0.3, -0.25) is 0 Å². The van der Waals surface area contributed by atoms with E-state index in [2.05, 4.69) is 97.9 Å². The van der Waals surface area contributed by atoms with Crippen LogP contribution < -0.4 is 4.68 Å². The number of hydrogen-bond acceptors (Lipinski definition) is 1. The lowest BCUT2D eigenvalue weighted by Gasteiger charge is -2.18. The first kappa shape index (κ1) is 27.2. The van der Waals surface area contributed by atoms with Gasteiger partial charge in [-0.05, 0) is 28.5 Å². The van der Waals surface area contributed by atoms with Crippen LogP contribution in [-0.4, -0.2) is 9.90 Å². The van der Waals surface area contributed by atoms with Crippen LogP contribution in [-0.2, 0) is 24.9 Å². The first-order valence-corrected chi connectivity index (χ1v) is 14.1. The Morgan fingerprint density at radius 2 is 1.31 bits per heavy atom. The second kappa shape index (κ2) is 14.2. The van der Waals surface area contributed by atoms with E-state index >= 15 is 0 Å². The number of nitrogens with zero attached hydrogens (tertiary/aromatic N) is 3. The maximum absolute atomic E-state index is 4.97. The minimum Gasteiger partial charge on any atom is -0.133 e. The van der Waals surface area contributed by atoms with Crippen LogP contribution in [0.15, 0.2) is 60.8 Å². The molecule has 0 N–H and O–H groups in total. The maximum atomic E-state index is 4.97. The fourth-order valence-electron chi connectivity index (χ4n) is 4.71. The third-order valence-electron chi connectivity index (χ3n) is 6.98. The van der Waals surface area contributed by atoms with Crippen molar-refractivity contribution in [2.75, 3.05) is 0 Å². The predicted molar refractivity (Wildman–Crippen MR) is 148 cm³/mol. The van der Waals surface area contributed by atoms with Crippen molar-refractivity contribution < 1.29 is 4.68 Å². The van der Waals surface area contributed by atoms with Crippen LogP contribution in [0.3, 0.4) is 0 Å². The summed E-state index contributed by atoms with van der Waals surface area (Å²) in [5.41, 5.74) is 5.52. The lowest BCUT2D eigenvalue weighted by atomic mass is 9.87. The zero-order chi connectivity index (χ0) is 24.9. The number of unbranched alkanes of at least 4 members (excludes halogenated alkanes) is 9. The molecule has 1 aromatic heterocycles. The monoisotopic (exact) mass is 474 g/mol. The summed E-state index contributed by atoms with van der Waals surface area (Å²) in [5, 5.41) is 4.97. The molecule has 0 spiro atoms. The highest BCUT2D eigenvalue weighted by Gasteiger charge is 2.18. The third-order valence-corrected chi connectivity index (χ3v) is 6.98. The number of hydrogen-bond donors (Lipinski definition) is 0. The Bertz CT molecular complexity index is 964. The topological polar surface area (TPSA) is 21.7 Å². The molecular weight excluding hydrogens is 426 g/mol. The first-order valence-electron chi connectivity index (χ1n) is 14.1. The summed E-state index contributed by atoms with van der Waals surface area (Å²) in [5.74, 6) is 0. The van der Waals surface area contributed by atoms with Crippen LogP contribution in [0.4, 0.5) is 0 Å². The summed E-state index contributed by atoms with van der Waals surface area (Å²) >= 11 is 0. The van der Waals surface area contributed by atoms with Crippen LogP contribution in [0.2, 0.25) is 0 Å². The SMILES string of the molecule is CCCCCCCCCCCCc1c[n+](Cc2ccccc2)nn1Cc1ccc(C(C)(C)C)cc1. The van der Waals surface area contributed by atoms with E-state index in [1.54, 1.807) is 0 Å². The summed E-state index contributed by atoms with van der Waals surface area (Å²) < 4.78 is 4.34. The van der Waals surface area contributed by atoms with E-state index < -0.39 is 0 Å². The molecule has 0 saturated carbocycles. The van der Waals surface area contributed by atoms with Crippen molar-refractivity contribution in [2.45, 2.75) is 117 Å². The zero-order valence-corrected chi connectivity index (χ0v) is 22.8. The lowest BCUT2D eigenvalue weighted by Crippen LogP contribution is -2.36. The molecule has 0 atom stereocenters. The number of aromatic nitrogens is 3. The largest absolute Gasteiger partial charge is 0.168 e. The zero-order valence-electron chi connectivity index (χ0n) is 22.8. The third kappa shape index (κ3) is 9.63. The minimum atomic E-state index is 0.184. The summed E-state index contributed by atoms with van der Waals surface area (Å²) in [6.45, 7) is 10.8. The molecule has 3 nitrogen and oxygen atoms in total. The Hall–Kier alpha value is -2.42. The molecule has 0 amide bonds. The summed E-state index contributed by atoms with van der Waals surface area (Å²) in [6, 6.07) is 19.7. The van der Waals surface area contributed by atoms with Gasteiger partial charge < -0.3 is 0 Å². The molecule has 1 heterocycles. The number of aryl methyl sites for hydroxylation is 1. The minimum absolute atomic E-state index is 0.184. The van der Waals surface area contributed by atoms with Crippen molar-refractivity contribution in [1.29, 1.82) is 0 Å². The van der Waals surface area contributed by atoms with Crippen molar-refractivity contribution in [3.8, 4) is 0 Å². The molecule has 0 saturated heterocycles. The van der Waals surface area contributed by atoms with E-state index in [1.165, 1.54) is 86.6 Å². The first-order chi connectivity index (χ1) is 17.0. The van der Waals surface area contributed by atoms with E-state index in [0.717, 1.165) is 19.5 Å². The van der Waals surface area contributed by atoms with Crippen molar-refractivity contribution in [1.82, 2.24) is 9.90 Å².